The molecule has 1 aliphatic rings. The largest absolute Gasteiger partial charge is 0.367 e. The topological polar surface area (TPSA) is 78.3 Å². The monoisotopic (exact) mass is 214 g/mol. The van der Waals surface area contributed by atoms with Crippen LogP contribution >= 0.6 is 0 Å². The van der Waals surface area contributed by atoms with E-state index < -0.39 is 12.0 Å². The van der Waals surface area contributed by atoms with Crippen LogP contribution in [0.3, 0.4) is 0 Å². The SMILES string of the molecule is CCC(OCC1(N)CCCCC1)C(N)=O. The van der Waals surface area contributed by atoms with Crippen molar-refractivity contribution < 1.29 is 9.53 Å². The number of primary amides is 1. The second-order valence-electron chi connectivity index (χ2n) is 4.53. The van der Waals surface area contributed by atoms with E-state index in [-0.39, 0.29) is 5.54 Å². The van der Waals surface area contributed by atoms with Gasteiger partial charge < -0.3 is 16.2 Å². The Kier molecular flexibility index (Phi) is 4.54. The minimum Gasteiger partial charge on any atom is -0.367 e. The van der Waals surface area contributed by atoms with Gasteiger partial charge in [0.1, 0.15) is 6.10 Å². The number of nitrogens with two attached hydrogens (primary N) is 2. The molecular formula is C11H22N2O2. The lowest BCUT2D eigenvalue weighted by Gasteiger charge is -2.33. The van der Waals surface area contributed by atoms with Crippen LogP contribution in [0, 0.1) is 0 Å². The van der Waals surface area contributed by atoms with Crippen molar-refractivity contribution in [3.63, 3.8) is 0 Å². The summed E-state index contributed by atoms with van der Waals surface area (Å²) in [5.74, 6) is -0.392. The van der Waals surface area contributed by atoms with Gasteiger partial charge in [0.25, 0.3) is 0 Å². The Morgan fingerprint density at radius 3 is 2.47 bits per heavy atom. The third-order valence-corrected chi connectivity index (χ3v) is 3.11. The van der Waals surface area contributed by atoms with Crippen molar-refractivity contribution in [2.45, 2.75) is 57.1 Å². The quantitative estimate of drug-likeness (QED) is 0.714. The van der Waals surface area contributed by atoms with Gasteiger partial charge >= 0.3 is 0 Å². The normalized spacial score (nSPS) is 22.3. The van der Waals surface area contributed by atoms with Crippen molar-refractivity contribution >= 4 is 5.91 Å². The van der Waals surface area contributed by atoms with Gasteiger partial charge in [-0.25, -0.2) is 0 Å². The third kappa shape index (κ3) is 3.80. The molecule has 0 spiro atoms. The first-order chi connectivity index (χ1) is 7.07. The predicted molar refractivity (Wildman–Crippen MR) is 59.2 cm³/mol. The maximum absolute atomic E-state index is 11.0. The molecule has 4 nitrogen and oxygen atoms in total. The van der Waals surface area contributed by atoms with Crippen LogP contribution in [-0.4, -0.2) is 24.2 Å². The minimum absolute atomic E-state index is 0.235. The Bertz CT molecular complexity index is 213. The van der Waals surface area contributed by atoms with Crippen molar-refractivity contribution in [1.82, 2.24) is 0 Å². The highest BCUT2D eigenvalue weighted by atomic mass is 16.5. The summed E-state index contributed by atoms with van der Waals surface area (Å²) in [6.07, 6.45) is 5.69. The van der Waals surface area contributed by atoms with E-state index in [2.05, 4.69) is 0 Å². The molecule has 0 aromatic carbocycles. The summed E-state index contributed by atoms with van der Waals surface area (Å²) in [5.41, 5.74) is 11.2. The van der Waals surface area contributed by atoms with Gasteiger partial charge in [-0.1, -0.05) is 26.2 Å². The van der Waals surface area contributed by atoms with Crippen LogP contribution in [0.5, 0.6) is 0 Å². The van der Waals surface area contributed by atoms with Crippen LogP contribution in [0.2, 0.25) is 0 Å². The molecular weight excluding hydrogens is 192 g/mol. The maximum Gasteiger partial charge on any atom is 0.246 e. The zero-order valence-corrected chi connectivity index (χ0v) is 9.50. The molecule has 4 heteroatoms. The molecule has 15 heavy (non-hydrogen) atoms. The van der Waals surface area contributed by atoms with Crippen LogP contribution < -0.4 is 11.5 Å². The second kappa shape index (κ2) is 5.47. The van der Waals surface area contributed by atoms with Gasteiger partial charge in [0.05, 0.1) is 6.61 Å². The number of amides is 1. The first-order valence-electron chi connectivity index (χ1n) is 5.77. The summed E-state index contributed by atoms with van der Waals surface area (Å²) < 4.78 is 5.50. The molecule has 1 rings (SSSR count). The number of ether oxygens (including phenoxy) is 1. The highest BCUT2D eigenvalue weighted by Gasteiger charge is 2.29. The van der Waals surface area contributed by atoms with Crippen LogP contribution in [0.1, 0.15) is 45.4 Å². The standard InChI is InChI=1S/C11H22N2O2/c1-2-9(10(12)14)15-8-11(13)6-4-3-5-7-11/h9H,2-8,13H2,1H3,(H2,12,14). The zero-order valence-electron chi connectivity index (χ0n) is 9.50. The van der Waals surface area contributed by atoms with Crippen molar-refractivity contribution in [1.29, 1.82) is 0 Å². The number of rotatable bonds is 5. The summed E-state index contributed by atoms with van der Waals surface area (Å²) in [7, 11) is 0. The van der Waals surface area contributed by atoms with E-state index in [1.54, 1.807) is 0 Å². The molecule has 1 saturated carbocycles. The molecule has 0 radical (unpaired) electrons. The summed E-state index contributed by atoms with van der Waals surface area (Å²) >= 11 is 0. The lowest BCUT2D eigenvalue weighted by Crippen LogP contribution is -2.48. The van der Waals surface area contributed by atoms with E-state index in [0.717, 1.165) is 25.7 Å². The highest BCUT2D eigenvalue weighted by molar-refractivity contribution is 5.78. The fraction of sp³-hybridized carbons (Fsp3) is 0.909. The summed E-state index contributed by atoms with van der Waals surface area (Å²) in [6, 6.07) is 0. The number of hydrogen-bond donors (Lipinski definition) is 2. The van der Waals surface area contributed by atoms with E-state index in [1.165, 1.54) is 6.42 Å². The Morgan fingerprint density at radius 1 is 1.40 bits per heavy atom. The molecule has 0 aliphatic heterocycles. The first kappa shape index (κ1) is 12.5. The van der Waals surface area contributed by atoms with Gasteiger partial charge in [0, 0.05) is 5.54 Å². The minimum atomic E-state index is -0.479. The van der Waals surface area contributed by atoms with Crippen molar-refractivity contribution in [3.8, 4) is 0 Å². The highest BCUT2D eigenvalue weighted by Crippen LogP contribution is 2.26. The fourth-order valence-corrected chi connectivity index (χ4v) is 2.07. The molecule has 88 valence electrons. The number of carbonyl (C=O) groups excluding carboxylic acids is 1. The molecule has 1 aliphatic carbocycles. The first-order valence-corrected chi connectivity index (χ1v) is 5.77. The van der Waals surface area contributed by atoms with E-state index >= 15 is 0 Å². The van der Waals surface area contributed by atoms with Gasteiger partial charge in [0.15, 0.2) is 0 Å². The van der Waals surface area contributed by atoms with Gasteiger partial charge in [-0.2, -0.15) is 0 Å². The molecule has 1 atom stereocenters. The summed E-state index contributed by atoms with van der Waals surface area (Å²) in [6.45, 7) is 2.34. The Balaban J connectivity index is 2.36. The Morgan fingerprint density at radius 2 is 2.00 bits per heavy atom. The lowest BCUT2D eigenvalue weighted by atomic mass is 9.83. The average molecular weight is 214 g/mol. The molecule has 0 saturated heterocycles. The van der Waals surface area contributed by atoms with E-state index in [0.29, 0.717) is 13.0 Å². The van der Waals surface area contributed by atoms with Crippen molar-refractivity contribution in [2.75, 3.05) is 6.61 Å². The van der Waals surface area contributed by atoms with Gasteiger partial charge in [0.2, 0.25) is 5.91 Å². The van der Waals surface area contributed by atoms with Gasteiger partial charge in [-0.05, 0) is 19.3 Å². The van der Waals surface area contributed by atoms with E-state index in [1.807, 2.05) is 6.92 Å². The van der Waals surface area contributed by atoms with Crippen LogP contribution in [-0.2, 0) is 9.53 Å². The average Bonchev–Trinajstić information content (AvgIpc) is 2.19. The van der Waals surface area contributed by atoms with Crippen LogP contribution in [0.25, 0.3) is 0 Å². The van der Waals surface area contributed by atoms with E-state index in [4.69, 9.17) is 16.2 Å². The van der Waals surface area contributed by atoms with Crippen LogP contribution in [0.4, 0.5) is 0 Å². The molecule has 1 fully saturated rings. The van der Waals surface area contributed by atoms with Crippen LogP contribution in [0.15, 0.2) is 0 Å². The molecule has 1 amide bonds. The molecule has 1 unspecified atom stereocenters. The summed E-state index contributed by atoms with van der Waals surface area (Å²) in [4.78, 5) is 11.0. The maximum atomic E-state index is 11.0. The number of carbonyl (C=O) groups is 1. The van der Waals surface area contributed by atoms with Crippen molar-refractivity contribution in [2.24, 2.45) is 11.5 Å². The zero-order chi connectivity index (χ0) is 11.3. The van der Waals surface area contributed by atoms with Crippen molar-refractivity contribution in [3.05, 3.63) is 0 Å². The Hall–Kier alpha value is -0.610. The molecule has 4 N–H and O–H groups in total. The van der Waals surface area contributed by atoms with Gasteiger partial charge in [-0.3, -0.25) is 4.79 Å². The predicted octanol–water partition coefficient (Wildman–Crippen LogP) is 0.929. The fourth-order valence-electron chi connectivity index (χ4n) is 2.07. The second-order valence-corrected chi connectivity index (χ2v) is 4.53. The smallest absolute Gasteiger partial charge is 0.246 e. The molecule has 0 aromatic heterocycles. The third-order valence-electron chi connectivity index (χ3n) is 3.11. The molecule has 0 aromatic rings. The van der Waals surface area contributed by atoms with Gasteiger partial charge in [-0.15, -0.1) is 0 Å². The Labute approximate surface area is 91.3 Å². The molecule has 0 heterocycles. The lowest BCUT2D eigenvalue weighted by molar-refractivity contribution is -0.131. The van der Waals surface area contributed by atoms with E-state index in [9.17, 15) is 4.79 Å². The summed E-state index contributed by atoms with van der Waals surface area (Å²) in [5, 5.41) is 0. The number of hydrogen-bond acceptors (Lipinski definition) is 3. The molecule has 0 bridgehead atoms.